The lowest BCUT2D eigenvalue weighted by Gasteiger charge is -2.20. The Morgan fingerprint density at radius 2 is 1.89 bits per heavy atom. The van der Waals surface area contributed by atoms with Crippen LogP contribution < -0.4 is 5.14 Å². The van der Waals surface area contributed by atoms with Gasteiger partial charge in [0.2, 0.25) is 10.0 Å². The number of sulfonamides is 1. The van der Waals surface area contributed by atoms with Gasteiger partial charge in [0.25, 0.3) is 5.91 Å². The van der Waals surface area contributed by atoms with E-state index in [0.29, 0.717) is 18.8 Å². The number of hydrogen-bond donors (Lipinski definition) is 1. The molecular formula is C12H21N3O3S. The summed E-state index contributed by atoms with van der Waals surface area (Å²) in [6.45, 7) is 8.67. The van der Waals surface area contributed by atoms with Crippen molar-refractivity contribution in [3.8, 4) is 0 Å². The topological polar surface area (TPSA) is 85.4 Å². The van der Waals surface area contributed by atoms with Gasteiger partial charge in [-0.3, -0.25) is 4.79 Å². The predicted molar refractivity (Wildman–Crippen MR) is 73.4 cm³/mol. The molecule has 0 fully saturated rings. The van der Waals surface area contributed by atoms with Crippen LogP contribution in [0.25, 0.3) is 0 Å². The summed E-state index contributed by atoms with van der Waals surface area (Å²) in [5, 5.41) is 5.11. The van der Waals surface area contributed by atoms with E-state index in [2.05, 4.69) is 0 Å². The van der Waals surface area contributed by atoms with Gasteiger partial charge < -0.3 is 9.47 Å². The molecule has 0 saturated heterocycles. The first-order valence-electron chi connectivity index (χ1n) is 6.26. The lowest BCUT2D eigenvalue weighted by Crippen LogP contribution is -2.32. The molecular weight excluding hydrogens is 266 g/mol. The maximum atomic E-state index is 12.3. The number of rotatable bonds is 5. The molecule has 19 heavy (non-hydrogen) atoms. The predicted octanol–water partition coefficient (Wildman–Crippen LogP) is 1.20. The zero-order chi connectivity index (χ0) is 14.8. The van der Waals surface area contributed by atoms with Crippen molar-refractivity contribution in [2.24, 2.45) is 5.14 Å². The second kappa shape index (κ2) is 5.75. The van der Waals surface area contributed by atoms with Crippen LogP contribution >= 0.6 is 0 Å². The molecule has 0 saturated carbocycles. The lowest BCUT2D eigenvalue weighted by molar-refractivity contribution is 0.0760. The molecule has 0 bridgehead atoms. The van der Waals surface area contributed by atoms with Crippen molar-refractivity contribution in [1.82, 2.24) is 9.47 Å². The number of hydrogen-bond acceptors (Lipinski definition) is 3. The van der Waals surface area contributed by atoms with Gasteiger partial charge in [-0.25, -0.2) is 13.6 Å². The smallest absolute Gasteiger partial charge is 0.270 e. The number of amides is 1. The number of nitrogens with zero attached hydrogens (tertiary/aromatic N) is 2. The zero-order valence-electron chi connectivity index (χ0n) is 11.8. The van der Waals surface area contributed by atoms with Crippen molar-refractivity contribution in [2.75, 3.05) is 13.1 Å². The van der Waals surface area contributed by atoms with Gasteiger partial charge in [-0.2, -0.15) is 0 Å². The van der Waals surface area contributed by atoms with Crippen LogP contribution in [0.5, 0.6) is 0 Å². The van der Waals surface area contributed by atoms with Crippen LogP contribution in [-0.2, 0) is 10.0 Å². The molecule has 2 N–H and O–H groups in total. The number of carbonyl (C=O) groups is 1. The maximum Gasteiger partial charge on any atom is 0.270 e. The van der Waals surface area contributed by atoms with Crippen LogP contribution in [0.15, 0.2) is 17.2 Å². The van der Waals surface area contributed by atoms with Crippen molar-refractivity contribution in [3.63, 3.8) is 0 Å². The first-order valence-corrected chi connectivity index (χ1v) is 7.80. The number of aromatic nitrogens is 1. The Bertz CT molecular complexity index is 557. The Balaban J connectivity index is 3.34. The summed E-state index contributed by atoms with van der Waals surface area (Å²) in [5.41, 5.74) is 0.350. The molecule has 6 nitrogen and oxygen atoms in total. The van der Waals surface area contributed by atoms with Gasteiger partial charge in [0.05, 0.1) is 0 Å². The van der Waals surface area contributed by atoms with Crippen LogP contribution in [-0.4, -0.2) is 36.9 Å². The SMILES string of the molecule is CCN(CC)C(=O)c1cc(S(N)(=O)=O)cn1C(C)C. The number of carbonyl (C=O) groups excluding carboxylic acids is 1. The van der Waals surface area contributed by atoms with Gasteiger partial charge in [-0.15, -0.1) is 0 Å². The summed E-state index contributed by atoms with van der Waals surface area (Å²) in [6, 6.07) is 1.32. The third-order valence-corrected chi connectivity index (χ3v) is 3.86. The Morgan fingerprint density at radius 1 is 1.37 bits per heavy atom. The zero-order valence-corrected chi connectivity index (χ0v) is 12.6. The molecule has 0 spiro atoms. The average Bonchev–Trinajstić information content (AvgIpc) is 2.74. The Labute approximate surface area is 114 Å². The van der Waals surface area contributed by atoms with Crippen LogP contribution in [0.4, 0.5) is 0 Å². The van der Waals surface area contributed by atoms with Crippen molar-refractivity contribution in [2.45, 2.75) is 38.6 Å². The van der Waals surface area contributed by atoms with E-state index in [0.717, 1.165) is 0 Å². The summed E-state index contributed by atoms with van der Waals surface area (Å²) < 4.78 is 24.4. The van der Waals surface area contributed by atoms with Gasteiger partial charge in [0.15, 0.2) is 0 Å². The summed E-state index contributed by atoms with van der Waals surface area (Å²) in [4.78, 5) is 14.0. The maximum absolute atomic E-state index is 12.3. The largest absolute Gasteiger partial charge is 0.340 e. The normalized spacial score (nSPS) is 11.9. The molecule has 0 unspecified atom stereocenters. The van der Waals surface area contributed by atoms with Crippen molar-refractivity contribution in [1.29, 1.82) is 0 Å². The van der Waals surface area contributed by atoms with E-state index >= 15 is 0 Å². The van der Waals surface area contributed by atoms with E-state index in [4.69, 9.17) is 5.14 Å². The van der Waals surface area contributed by atoms with E-state index in [1.807, 2.05) is 27.7 Å². The Kier molecular flexibility index (Phi) is 4.75. The molecule has 108 valence electrons. The first kappa shape index (κ1) is 15.7. The lowest BCUT2D eigenvalue weighted by atomic mass is 10.3. The number of primary sulfonamides is 1. The molecule has 1 amide bonds. The van der Waals surface area contributed by atoms with E-state index < -0.39 is 10.0 Å². The fourth-order valence-corrected chi connectivity index (χ4v) is 2.42. The summed E-state index contributed by atoms with van der Waals surface area (Å²) in [5.74, 6) is -0.186. The van der Waals surface area contributed by atoms with E-state index in [9.17, 15) is 13.2 Å². The van der Waals surface area contributed by atoms with Gasteiger partial charge in [-0.05, 0) is 33.8 Å². The molecule has 0 aromatic carbocycles. The first-order chi connectivity index (χ1) is 8.72. The number of nitrogens with two attached hydrogens (primary N) is 1. The standard InChI is InChI=1S/C12H21N3O3S/c1-5-14(6-2)12(16)11-7-10(19(13,17)18)8-15(11)9(3)4/h7-9H,5-6H2,1-4H3,(H2,13,17,18). The second-order valence-electron chi connectivity index (χ2n) is 4.58. The van der Waals surface area contributed by atoms with E-state index in [-0.39, 0.29) is 16.8 Å². The highest BCUT2D eigenvalue weighted by Gasteiger charge is 2.22. The monoisotopic (exact) mass is 287 g/mol. The van der Waals surface area contributed by atoms with Gasteiger partial charge in [0.1, 0.15) is 10.6 Å². The highest BCUT2D eigenvalue weighted by atomic mass is 32.2. The summed E-state index contributed by atoms with van der Waals surface area (Å²) >= 11 is 0. The summed E-state index contributed by atoms with van der Waals surface area (Å²) in [6.07, 6.45) is 1.41. The Morgan fingerprint density at radius 3 is 2.26 bits per heavy atom. The summed E-state index contributed by atoms with van der Waals surface area (Å²) in [7, 11) is -3.80. The molecule has 7 heteroatoms. The fraction of sp³-hybridized carbons (Fsp3) is 0.583. The molecule has 1 aromatic rings. The molecule has 0 aliphatic rings. The minimum Gasteiger partial charge on any atom is -0.340 e. The minimum absolute atomic E-state index is 0.0231. The molecule has 0 aliphatic carbocycles. The van der Waals surface area contributed by atoms with Gasteiger partial charge in [0, 0.05) is 25.3 Å². The van der Waals surface area contributed by atoms with Crippen LogP contribution in [0.2, 0.25) is 0 Å². The third-order valence-electron chi connectivity index (χ3n) is 2.98. The molecule has 0 atom stereocenters. The second-order valence-corrected chi connectivity index (χ2v) is 6.15. The molecule has 0 radical (unpaired) electrons. The highest BCUT2D eigenvalue weighted by molar-refractivity contribution is 7.89. The van der Waals surface area contributed by atoms with Gasteiger partial charge >= 0.3 is 0 Å². The van der Waals surface area contributed by atoms with Gasteiger partial charge in [-0.1, -0.05) is 0 Å². The molecule has 1 aromatic heterocycles. The van der Waals surface area contributed by atoms with Crippen LogP contribution in [0.1, 0.15) is 44.2 Å². The molecule has 0 aliphatic heterocycles. The van der Waals surface area contributed by atoms with E-state index in [1.54, 1.807) is 9.47 Å². The minimum atomic E-state index is -3.80. The van der Waals surface area contributed by atoms with Crippen molar-refractivity contribution >= 4 is 15.9 Å². The quantitative estimate of drug-likeness (QED) is 0.883. The molecule has 1 heterocycles. The van der Waals surface area contributed by atoms with Crippen molar-refractivity contribution in [3.05, 3.63) is 18.0 Å². The third kappa shape index (κ3) is 3.36. The molecule has 1 rings (SSSR count). The Hall–Kier alpha value is -1.34. The average molecular weight is 287 g/mol. The van der Waals surface area contributed by atoms with E-state index in [1.165, 1.54) is 12.3 Å². The fourth-order valence-electron chi connectivity index (χ4n) is 1.88. The van der Waals surface area contributed by atoms with Crippen LogP contribution in [0.3, 0.4) is 0 Å². The van der Waals surface area contributed by atoms with Crippen molar-refractivity contribution < 1.29 is 13.2 Å². The van der Waals surface area contributed by atoms with Crippen LogP contribution in [0, 0.1) is 0 Å². The highest BCUT2D eigenvalue weighted by Crippen LogP contribution is 2.19.